The Labute approximate surface area is 112 Å². The molecule has 1 amide bonds. The van der Waals surface area contributed by atoms with E-state index in [1.54, 1.807) is 0 Å². The second-order valence-corrected chi connectivity index (χ2v) is 4.70. The number of carbonyl (C=O) groups excluding carboxylic acids is 1. The van der Waals surface area contributed by atoms with Crippen molar-refractivity contribution in [1.29, 1.82) is 0 Å². The predicted octanol–water partition coefficient (Wildman–Crippen LogP) is 1.53. The summed E-state index contributed by atoms with van der Waals surface area (Å²) in [4.78, 5) is 21.1. The van der Waals surface area contributed by atoms with E-state index < -0.39 is 5.97 Å². The average Bonchev–Trinajstić information content (AvgIpc) is 2.33. The second-order valence-electron chi connectivity index (χ2n) is 4.70. The molecule has 0 saturated heterocycles. The number of carboxylic acid groups (broad SMARTS) is 1. The molecular weight excluding hydrogens is 246 g/mol. The van der Waals surface area contributed by atoms with E-state index in [9.17, 15) is 14.7 Å². The maximum Gasteiger partial charge on any atom is 0.303 e. The standard InChI is InChI=1S/C14H19NO4/c1-9-5-11(6-10(2)14(9)19)7-12(15-8-16)3-4-13(17)18/h5-6,8,12,19H,3-4,7H2,1-2H3,(H,15,16)(H,17,18). The summed E-state index contributed by atoms with van der Waals surface area (Å²) >= 11 is 0. The summed E-state index contributed by atoms with van der Waals surface area (Å²) in [5.41, 5.74) is 2.52. The highest BCUT2D eigenvalue weighted by molar-refractivity contribution is 5.66. The largest absolute Gasteiger partial charge is 0.507 e. The van der Waals surface area contributed by atoms with Crippen LogP contribution in [-0.4, -0.2) is 28.6 Å². The van der Waals surface area contributed by atoms with Crippen molar-refractivity contribution in [2.45, 2.75) is 39.2 Å². The minimum atomic E-state index is -0.879. The fourth-order valence-electron chi connectivity index (χ4n) is 2.09. The zero-order chi connectivity index (χ0) is 14.4. The number of aryl methyl sites for hydroxylation is 2. The van der Waals surface area contributed by atoms with Gasteiger partial charge < -0.3 is 15.5 Å². The van der Waals surface area contributed by atoms with Crippen molar-refractivity contribution in [1.82, 2.24) is 5.32 Å². The van der Waals surface area contributed by atoms with E-state index in [1.807, 2.05) is 26.0 Å². The Morgan fingerprint density at radius 1 is 1.37 bits per heavy atom. The molecule has 0 bridgehead atoms. The maximum atomic E-state index is 10.6. The fraction of sp³-hybridized carbons (Fsp3) is 0.429. The van der Waals surface area contributed by atoms with E-state index in [-0.39, 0.29) is 18.2 Å². The van der Waals surface area contributed by atoms with Gasteiger partial charge in [-0.3, -0.25) is 9.59 Å². The van der Waals surface area contributed by atoms with E-state index in [0.717, 1.165) is 16.7 Å². The molecular formula is C14H19NO4. The lowest BCUT2D eigenvalue weighted by Gasteiger charge is -2.16. The number of amides is 1. The van der Waals surface area contributed by atoms with E-state index in [4.69, 9.17) is 5.11 Å². The molecule has 1 aromatic carbocycles. The molecule has 0 radical (unpaired) electrons. The third kappa shape index (κ3) is 4.62. The van der Waals surface area contributed by atoms with Gasteiger partial charge in [0.05, 0.1) is 0 Å². The van der Waals surface area contributed by atoms with Crippen molar-refractivity contribution in [3.05, 3.63) is 28.8 Å². The Balaban J connectivity index is 2.78. The monoisotopic (exact) mass is 265 g/mol. The third-order valence-electron chi connectivity index (χ3n) is 3.04. The highest BCUT2D eigenvalue weighted by Gasteiger charge is 2.12. The molecule has 0 aliphatic rings. The first-order valence-corrected chi connectivity index (χ1v) is 6.14. The number of rotatable bonds is 7. The lowest BCUT2D eigenvalue weighted by atomic mass is 9.98. The van der Waals surface area contributed by atoms with Crippen LogP contribution in [0.25, 0.3) is 0 Å². The fourth-order valence-corrected chi connectivity index (χ4v) is 2.09. The zero-order valence-corrected chi connectivity index (χ0v) is 11.1. The first-order chi connectivity index (χ1) is 8.93. The molecule has 0 fully saturated rings. The second kappa shape index (κ2) is 6.78. The Bertz CT molecular complexity index is 448. The van der Waals surface area contributed by atoms with Crippen molar-refractivity contribution in [2.75, 3.05) is 0 Å². The summed E-state index contributed by atoms with van der Waals surface area (Å²) in [6, 6.07) is 3.49. The van der Waals surface area contributed by atoms with E-state index >= 15 is 0 Å². The molecule has 1 aromatic rings. The number of aromatic hydroxyl groups is 1. The molecule has 0 heterocycles. The molecule has 5 heteroatoms. The maximum absolute atomic E-state index is 10.6. The van der Waals surface area contributed by atoms with Gasteiger partial charge in [-0.15, -0.1) is 0 Å². The topological polar surface area (TPSA) is 86.6 Å². The van der Waals surface area contributed by atoms with Crippen LogP contribution in [0, 0.1) is 13.8 Å². The molecule has 19 heavy (non-hydrogen) atoms. The Hall–Kier alpha value is -2.04. The van der Waals surface area contributed by atoms with Crippen LogP contribution < -0.4 is 5.32 Å². The van der Waals surface area contributed by atoms with Crippen LogP contribution in [0.3, 0.4) is 0 Å². The van der Waals surface area contributed by atoms with Gasteiger partial charge in [0, 0.05) is 12.5 Å². The van der Waals surface area contributed by atoms with Crippen molar-refractivity contribution < 1.29 is 19.8 Å². The number of hydrogen-bond acceptors (Lipinski definition) is 3. The predicted molar refractivity (Wildman–Crippen MR) is 71.1 cm³/mol. The number of carbonyl (C=O) groups is 2. The molecule has 104 valence electrons. The molecule has 1 rings (SSSR count). The molecule has 0 aliphatic carbocycles. The summed E-state index contributed by atoms with van der Waals surface area (Å²) in [7, 11) is 0. The number of benzene rings is 1. The van der Waals surface area contributed by atoms with Crippen LogP contribution in [0.2, 0.25) is 0 Å². The molecule has 5 nitrogen and oxygen atoms in total. The van der Waals surface area contributed by atoms with Crippen molar-refractivity contribution in [3.63, 3.8) is 0 Å². The van der Waals surface area contributed by atoms with Gasteiger partial charge in [0.15, 0.2) is 0 Å². The summed E-state index contributed by atoms with van der Waals surface area (Å²) in [6.07, 6.45) is 1.54. The molecule has 0 spiro atoms. The molecule has 0 aliphatic heterocycles. The average molecular weight is 265 g/mol. The normalized spacial score (nSPS) is 11.9. The Kier molecular flexibility index (Phi) is 5.36. The van der Waals surface area contributed by atoms with Crippen LogP contribution in [-0.2, 0) is 16.0 Å². The Morgan fingerprint density at radius 2 is 1.95 bits per heavy atom. The van der Waals surface area contributed by atoms with Crippen LogP contribution in [0.5, 0.6) is 5.75 Å². The lowest BCUT2D eigenvalue weighted by molar-refractivity contribution is -0.137. The summed E-state index contributed by atoms with van der Waals surface area (Å²) in [6.45, 7) is 3.62. The van der Waals surface area contributed by atoms with Gasteiger partial charge >= 0.3 is 5.97 Å². The third-order valence-corrected chi connectivity index (χ3v) is 3.04. The number of aliphatic carboxylic acids is 1. The first kappa shape index (κ1) is 15.0. The van der Waals surface area contributed by atoms with Crippen LogP contribution in [0.15, 0.2) is 12.1 Å². The van der Waals surface area contributed by atoms with Crippen molar-refractivity contribution >= 4 is 12.4 Å². The van der Waals surface area contributed by atoms with E-state index in [1.165, 1.54) is 0 Å². The number of phenolic OH excluding ortho intramolecular Hbond substituents is 1. The summed E-state index contributed by atoms with van der Waals surface area (Å²) in [5, 5.41) is 21.0. The van der Waals surface area contributed by atoms with E-state index in [0.29, 0.717) is 19.3 Å². The smallest absolute Gasteiger partial charge is 0.303 e. The van der Waals surface area contributed by atoms with E-state index in [2.05, 4.69) is 5.32 Å². The summed E-state index contributed by atoms with van der Waals surface area (Å²) < 4.78 is 0. The minimum Gasteiger partial charge on any atom is -0.507 e. The van der Waals surface area contributed by atoms with Gasteiger partial charge in [0.2, 0.25) is 6.41 Å². The zero-order valence-electron chi connectivity index (χ0n) is 11.1. The quantitative estimate of drug-likeness (QED) is 0.652. The number of nitrogens with one attached hydrogen (secondary N) is 1. The van der Waals surface area contributed by atoms with Gasteiger partial charge in [-0.25, -0.2) is 0 Å². The minimum absolute atomic E-state index is 0.0154. The van der Waals surface area contributed by atoms with Gasteiger partial charge in [-0.05, 0) is 43.4 Å². The Morgan fingerprint density at radius 3 is 2.42 bits per heavy atom. The van der Waals surface area contributed by atoms with Crippen molar-refractivity contribution in [3.8, 4) is 5.75 Å². The van der Waals surface area contributed by atoms with Crippen LogP contribution in [0.1, 0.15) is 29.5 Å². The van der Waals surface area contributed by atoms with Gasteiger partial charge in [-0.2, -0.15) is 0 Å². The molecule has 3 N–H and O–H groups in total. The number of hydrogen-bond donors (Lipinski definition) is 3. The van der Waals surface area contributed by atoms with Gasteiger partial charge in [0.25, 0.3) is 0 Å². The molecule has 0 aromatic heterocycles. The lowest BCUT2D eigenvalue weighted by Crippen LogP contribution is -2.30. The number of phenols is 1. The van der Waals surface area contributed by atoms with Crippen molar-refractivity contribution in [2.24, 2.45) is 0 Å². The van der Waals surface area contributed by atoms with Crippen LogP contribution in [0.4, 0.5) is 0 Å². The first-order valence-electron chi connectivity index (χ1n) is 6.14. The highest BCUT2D eigenvalue weighted by Crippen LogP contribution is 2.23. The van der Waals surface area contributed by atoms with Crippen LogP contribution >= 0.6 is 0 Å². The molecule has 1 atom stereocenters. The summed E-state index contributed by atoms with van der Waals surface area (Å²) in [5.74, 6) is -0.607. The SMILES string of the molecule is Cc1cc(CC(CCC(=O)O)NC=O)cc(C)c1O. The molecule has 0 saturated carbocycles. The molecule has 1 unspecified atom stereocenters. The highest BCUT2D eigenvalue weighted by atomic mass is 16.4. The van der Waals surface area contributed by atoms with Gasteiger partial charge in [-0.1, -0.05) is 12.1 Å². The number of carboxylic acids is 1. The van der Waals surface area contributed by atoms with Gasteiger partial charge in [0.1, 0.15) is 5.75 Å².